The molecule has 52 valence electrons. The summed E-state index contributed by atoms with van der Waals surface area (Å²) in [7, 11) is 0. The average Bonchev–Trinajstić information content (AvgIpc) is 2.19. The molecule has 2 heteroatoms. The third-order valence-corrected chi connectivity index (χ3v) is 2.89. The zero-order valence-electron chi connectivity index (χ0n) is 5.79. The standard InChI is InChI=1S/C7H12O2/c1-7(2)4-3-9-6(8)5(4)7/h4-6,8H,3H2,1-2H3. The monoisotopic (exact) mass is 128 g/mol. The highest BCUT2D eigenvalue weighted by atomic mass is 16.6. The molecule has 0 spiro atoms. The van der Waals surface area contributed by atoms with Gasteiger partial charge in [-0.05, 0) is 11.3 Å². The Morgan fingerprint density at radius 2 is 2.22 bits per heavy atom. The van der Waals surface area contributed by atoms with E-state index in [0.717, 1.165) is 6.61 Å². The van der Waals surface area contributed by atoms with E-state index in [0.29, 0.717) is 17.3 Å². The molecule has 1 N–H and O–H groups in total. The van der Waals surface area contributed by atoms with Crippen molar-refractivity contribution in [2.24, 2.45) is 17.3 Å². The summed E-state index contributed by atoms with van der Waals surface area (Å²) < 4.78 is 5.01. The molecule has 1 aliphatic heterocycles. The van der Waals surface area contributed by atoms with Crippen LogP contribution in [0.4, 0.5) is 0 Å². The van der Waals surface area contributed by atoms with E-state index in [2.05, 4.69) is 13.8 Å². The van der Waals surface area contributed by atoms with Crippen LogP contribution >= 0.6 is 0 Å². The van der Waals surface area contributed by atoms with Crippen LogP contribution in [0.1, 0.15) is 13.8 Å². The summed E-state index contributed by atoms with van der Waals surface area (Å²) in [6.07, 6.45) is -0.468. The Hall–Kier alpha value is -0.0800. The second-order valence-electron chi connectivity index (χ2n) is 3.68. The van der Waals surface area contributed by atoms with Gasteiger partial charge in [-0.1, -0.05) is 13.8 Å². The Bertz CT molecular complexity index is 142. The van der Waals surface area contributed by atoms with Gasteiger partial charge in [0.2, 0.25) is 0 Å². The van der Waals surface area contributed by atoms with Gasteiger partial charge in [-0.2, -0.15) is 0 Å². The highest BCUT2D eigenvalue weighted by molar-refractivity contribution is 5.09. The van der Waals surface area contributed by atoms with Gasteiger partial charge in [0.1, 0.15) is 0 Å². The highest BCUT2D eigenvalue weighted by Gasteiger charge is 2.65. The van der Waals surface area contributed by atoms with E-state index in [1.54, 1.807) is 0 Å². The first-order valence-electron chi connectivity index (χ1n) is 3.43. The first-order chi connectivity index (χ1) is 4.14. The molecule has 9 heavy (non-hydrogen) atoms. The summed E-state index contributed by atoms with van der Waals surface area (Å²) in [6.45, 7) is 5.14. The summed E-state index contributed by atoms with van der Waals surface area (Å²) in [5.41, 5.74) is 0.359. The number of hydrogen-bond donors (Lipinski definition) is 1. The number of fused-ring (bicyclic) bond motifs is 1. The van der Waals surface area contributed by atoms with E-state index < -0.39 is 6.29 Å². The van der Waals surface area contributed by atoms with Crippen LogP contribution in [-0.4, -0.2) is 18.0 Å². The van der Waals surface area contributed by atoms with Gasteiger partial charge >= 0.3 is 0 Å². The summed E-state index contributed by atoms with van der Waals surface area (Å²) >= 11 is 0. The van der Waals surface area contributed by atoms with Crippen molar-refractivity contribution in [3.63, 3.8) is 0 Å². The molecule has 2 aliphatic rings. The summed E-state index contributed by atoms with van der Waals surface area (Å²) in [5, 5.41) is 9.15. The SMILES string of the molecule is CC1(C)C2COC(O)C21. The lowest BCUT2D eigenvalue weighted by molar-refractivity contribution is -0.0960. The molecule has 3 unspecified atom stereocenters. The molecule has 0 aromatic carbocycles. The fourth-order valence-electron chi connectivity index (χ4n) is 1.98. The maximum absolute atomic E-state index is 9.15. The average molecular weight is 128 g/mol. The topological polar surface area (TPSA) is 29.5 Å². The maximum Gasteiger partial charge on any atom is 0.158 e. The molecule has 1 heterocycles. The van der Waals surface area contributed by atoms with Crippen molar-refractivity contribution in [3.8, 4) is 0 Å². The Labute approximate surface area is 54.8 Å². The van der Waals surface area contributed by atoms with Crippen molar-refractivity contribution in [1.29, 1.82) is 0 Å². The molecule has 0 amide bonds. The Morgan fingerprint density at radius 3 is 2.44 bits per heavy atom. The summed E-state index contributed by atoms with van der Waals surface area (Å²) in [5.74, 6) is 1.06. The summed E-state index contributed by atoms with van der Waals surface area (Å²) in [4.78, 5) is 0. The maximum atomic E-state index is 9.15. The van der Waals surface area contributed by atoms with Crippen molar-refractivity contribution >= 4 is 0 Å². The number of aliphatic hydroxyl groups is 1. The molecule has 2 fully saturated rings. The van der Waals surface area contributed by atoms with E-state index in [9.17, 15) is 0 Å². The minimum atomic E-state index is -0.468. The van der Waals surface area contributed by atoms with Crippen molar-refractivity contribution in [2.75, 3.05) is 6.61 Å². The van der Waals surface area contributed by atoms with Crippen LogP contribution < -0.4 is 0 Å². The molecule has 1 saturated carbocycles. The van der Waals surface area contributed by atoms with Gasteiger partial charge in [0.25, 0.3) is 0 Å². The van der Waals surface area contributed by atoms with E-state index in [1.165, 1.54) is 0 Å². The highest BCUT2D eigenvalue weighted by Crippen LogP contribution is 2.63. The van der Waals surface area contributed by atoms with Crippen LogP contribution in [0.3, 0.4) is 0 Å². The van der Waals surface area contributed by atoms with Crippen molar-refractivity contribution in [3.05, 3.63) is 0 Å². The Balaban J connectivity index is 2.14. The molecule has 1 aliphatic carbocycles. The minimum absolute atomic E-state index is 0.359. The Kier molecular flexibility index (Phi) is 0.837. The zero-order valence-corrected chi connectivity index (χ0v) is 5.79. The molecule has 3 atom stereocenters. The second-order valence-corrected chi connectivity index (χ2v) is 3.68. The fraction of sp³-hybridized carbons (Fsp3) is 1.00. The van der Waals surface area contributed by atoms with Crippen molar-refractivity contribution in [1.82, 2.24) is 0 Å². The van der Waals surface area contributed by atoms with Crippen molar-refractivity contribution < 1.29 is 9.84 Å². The normalized spacial score (nSPS) is 53.0. The van der Waals surface area contributed by atoms with Gasteiger partial charge in [-0.3, -0.25) is 0 Å². The third kappa shape index (κ3) is 0.528. The zero-order chi connectivity index (χ0) is 6.65. The fourth-order valence-corrected chi connectivity index (χ4v) is 1.98. The quantitative estimate of drug-likeness (QED) is 0.518. The predicted octanol–water partition coefficient (Wildman–Crippen LogP) is 0.607. The molecule has 0 aromatic rings. The van der Waals surface area contributed by atoms with Crippen molar-refractivity contribution in [2.45, 2.75) is 20.1 Å². The van der Waals surface area contributed by atoms with Crippen LogP contribution in [0, 0.1) is 17.3 Å². The minimum Gasteiger partial charge on any atom is -0.368 e. The van der Waals surface area contributed by atoms with Crippen LogP contribution in [0.5, 0.6) is 0 Å². The predicted molar refractivity (Wildman–Crippen MR) is 32.7 cm³/mol. The van der Waals surface area contributed by atoms with Crippen LogP contribution in [0.15, 0.2) is 0 Å². The Morgan fingerprint density at radius 1 is 1.56 bits per heavy atom. The molecule has 0 radical (unpaired) electrons. The smallest absolute Gasteiger partial charge is 0.158 e. The lowest BCUT2D eigenvalue weighted by atomic mass is 10.1. The molecule has 0 aromatic heterocycles. The van der Waals surface area contributed by atoms with E-state index in [-0.39, 0.29) is 0 Å². The molecular weight excluding hydrogens is 116 g/mol. The van der Waals surface area contributed by atoms with Crippen LogP contribution in [-0.2, 0) is 4.74 Å². The molecular formula is C7H12O2. The van der Waals surface area contributed by atoms with E-state index >= 15 is 0 Å². The number of rotatable bonds is 0. The van der Waals surface area contributed by atoms with Gasteiger partial charge in [0.05, 0.1) is 6.61 Å². The van der Waals surface area contributed by atoms with Gasteiger partial charge in [0.15, 0.2) is 6.29 Å². The number of hydrogen-bond acceptors (Lipinski definition) is 2. The largest absolute Gasteiger partial charge is 0.368 e. The van der Waals surface area contributed by atoms with Crippen LogP contribution in [0.2, 0.25) is 0 Å². The van der Waals surface area contributed by atoms with Gasteiger partial charge in [-0.15, -0.1) is 0 Å². The molecule has 2 nitrogen and oxygen atoms in total. The molecule has 1 saturated heterocycles. The lowest BCUT2D eigenvalue weighted by Crippen LogP contribution is -2.15. The van der Waals surface area contributed by atoms with Gasteiger partial charge in [0, 0.05) is 5.92 Å². The number of ether oxygens (including phenoxy) is 1. The van der Waals surface area contributed by atoms with E-state index in [1.807, 2.05) is 0 Å². The van der Waals surface area contributed by atoms with E-state index in [4.69, 9.17) is 9.84 Å². The van der Waals surface area contributed by atoms with Crippen LogP contribution in [0.25, 0.3) is 0 Å². The lowest BCUT2D eigenvalue weighted by Gasteiger charge is -2.11. The second kappa shape index (κ2) is 1.32. The van der Waals surface area contributed by atoms with Gasteiger partial charge < -0.3 is 9.84 Å². The third-order valence-electron chi connectivity index (χ3n) is 2.89. The van der Waals surface area contributed by atoms with Gasteiger partial charge in [-0.25, -0.2) is 0 Å². The first kappa shape index (κ1) is 5.69. The first-order valence-corrected chi connectivity index (χ1v) is 3.43. The molecule has 2 rings (SSSR count). The number of aliphatic hydroxyl groups excluding tert-OH is 1. The summed E-state index contributed by atoms with van der Waals surface area (Å²) in [6, 6.07) is 0. The molecule has 0 bridgehead atoms.